The molecule has 1 aliphatic rings. The third-order valence-corrected chi connectivity index (χ3v) is 4.84. The van der Waals surface area contributed by atoms with Crippen LogP contribution in [-0.2, 0) is 4.79 Å². The van der Waals surface area contributed by atoms with Crippen LogP contribution in [-0.4, -0.2) is 34.5 Å². The Labute approximate surface area is 122 Å². The van der Waals surface area contributed by atoms with Crippen LogP contribution in [0.25, 0.3) is 6.08 Å². The van der Waals surface area contributed by atoms with E-state index in [0.717, 1.165) is 42.3 Å². The Morgan fingerprint density at radius 2 is 2.30 bits per heavy atom. The van der Waals surface area contributed by atoms with Crippen LogP contribution in [0.15, 0.2) is 12.1 Å². The van der Waals surface area contributed by atoms with E-state index in [9.17, 15) is 9.59 Å². The summed E-state index contributed by atoms with van der Waals surface area (Å²) in [6, 6.07) is 2.21. The van der Waals surface area contributed by atoms with Crippen molar-refractivity contribution in [3.05, 3.63) is 27.5 Å². The van der Waals surface area contributed by atoms with Gasteiger partial charge in [-0.2, -0.15) is 0 Å². The van der Waals surface area contributed by atoms with Gasteiger partial charge < -0.3 is 10.0 Å². The first-order valence-electron chi connectivity index (χ1n) is 6.85. The molecular weight excluding hydrogens is 274 g/mol. The minimum Gasteiger partial charge on any atom is -0.478 e. The van der Waals surface area contributed by atoms with Crippen molar-refractivity contribution >= 4 is 29.3 Å². The summed E-state index contributed by atoms with van der Waals surface area (Å²) in [6.07, 6.45) is 5.80. The zero-order valence-electron chi connectivity index (χ0n) is 11.8. The van der Waals surface area contributed by atoms with E-state index in [4.69, 9.17) is 5.11 Å². The second-order valence-electron chi connectivity index (χ2n) is 5.03. The summed E-state index contributed by atoms with van der Waals surface area (Å²) < 4.78 is 0. The highest BCUT2D eigenvalue weighted by molar-refractivity contribution is 7.15. The molecule has 5 heteroatoms. The van der Waals surface area contributed by atoms with Crippen LogP contribution in [0, 0.1) is 6.92 Å². The molecule has 0 aromatic carbocycles. The molecule has 108 valence electrons. The molecule has 0 bridgehead atoms. The van der Waals surface area contributed by atoms with Gasteiger partial charge >= 0.3 is 5.97 Å². The molecule has 1 aromatic rings. The Balaban J connectivity index is 2.19. The van der Waals surface area contributed by atoms with Crippen LogP contribution < -0.4 is 0 Å². The molecule has 0 radical (unpaired) electrons. The van der Waals surface area contributed by atoms with Crippen LogP contribution in [0.5, 0.6) is 0 Å². The van der Waals surface area contributed by atoms with Crippen LogP contribution >= 0.6 is 11.3 Å². The average Bonchev–Trinajstić information content (AvgIpc) is 3.01. The summed E-state index contributed by atoms with van der Waals surface area (Å²) in [5, 5.41) is 8.66. The van der Waals surface area contributed by atoms with E-state index in [1.165, 1.54) is 11.3 Å². The summed E-state index contributed by atoms with van der Waals surface area (Å²) in [7, 11) is 0. The number of carbonyl (C=O) groups is 2. The van der Waals surface area contributed by atoms with Crippen molar-refractivity contribution in [3.8, 4) is 0 Å². The number of thiophene rings is 1. The Kier molecular flexibility index (Phi) is 4.60. The third-order valence-electron chi connectivity index (χ3n) is 3.65. The molecule has 1 atom stereocenters. The van der Waals surface area contributed by atoms with Gasteiger partial charge in [-0.25, -0.2) is 4.79 Å². The van der Waals surface area contributed by atoms with Gasteiger partial charge in [-0.05, 0) is 43.9 Å². The predicted molar refractivity (Wildman–Crippen MR) is 80.1 cm³/mol. The Hall–Kier alpha value is -1.62. The number of carboxylic acid groups (broad SMARTS) is 1. The van der Waals surface area contributed by atoms with E-state index < -0.39 is 5.97 Å². The first kappa shape index (κ1) is 14.8. The number of carbonyl (C=O) groups excluding carboxylic acids is 1. The Bertz CT molecular complexity index is 547. The van der Waals surface area contributed by atoms with E-state index in [1.807, 2.05) is 17.9 Å². The third kappa shape index (κ3) is 3.10. The van der Waals surface area contributed by atoms with Crippen molar-refractivity contribution in [3.63, 3.8) is 0 Å². The maximum Gasteiger partial charge on any atom is 0.328 e. The highest BCUT2D eigenvalue weighted by Crippen LogP contribution is 2.28. The Morgan fingerprint density at radius 3 is 2.95 bits per heavy atom. The predicted octanol–water partition coefficient (Wildman–Crippen LogP) is 3.17. The molecule has 1 unspecified atom stereocenters. The largest absolute Gasteiger partial charge is 0.478 e. The zero-order valence-corrected chi connectivity index (χ0v) is 12.6. The van der Waals surface area contributed by atoms with Gasteiger partial charge in [0, 0.05) is 23.5 Å². The molecule has 1 amide bonds. The van der Waals surface area contributed by atoms with Gasteiger partial charge in [0.15, 0.2) is 0 Å². The van der Waals surface area contributed by atoms with Gasteiger partial charge in [-0.3, -0.25) is 4.79 Å². The standard InChI is InChI=1S/C15H19NO3S/c1-3-11-5-4-8-16(11)15(19)13-9-10(2)12(20-13)6-7-14(17)18/h6-7,9,11H,3-5,8H2,1-2H3,(H,17,18)/b7-6+. The number of rotatable bonds is 4. The molecule has 0 saturated carbocycles. The monoisotopic (exact) mass is 293 g/mol. The zero-order chi connectivity index (χ0) is 14.7. The summed E-state index contributed by atoms with van der Waals surface area (Å²) in [5.41, 5.74) is 0.947. The lowest BCUT2D eigenvalue weighted by atomic mass is 10.1. The van der Waals surface area contributed by atoms with Gasteiger partial charge in [0.25, 0.3) is 5.91 Å². The summed E-state index contributed by atoms with van der Waals surface area (Å²) in [5.74, 6) is -0.895. The summed E-state index contributed by atoms with van der Waals surface area (Å²) in [4.78, 5) is 26.6. The average molecular weight is 293 g/mol. The summed E-state index contributed by atoms with van der Waals surface area (Å²) in [6.45, 7) is 4.83. The Morgan fingerprint density at radius 1 is 1.55 bits per heavy atom. The van der Waals surface area contributed by atoms with Crippen molar-refractivity contribution in [2.75, 3.05) is 6.54 Å². The van der Waals surface area contributed by atoms with Gasteiger partial charge in [-0.15, -0.1) is 11.3 Å². The van der Waals surface area contributed by atoms with Gasteiger partial charge in [0.2, 0.25) is 0 Å². The topological polar surface area (TPSA) is 57.6 Å². The molecule has 0 aliphatic carbocycles. The summed E-state index contributed by atoms with van der Waals surface area (Å²) >= 11 is 1.37. The molecule has 20 heavy (non-hydrogen) atoms. The van der Waals surface area contributed by atoms with Crippen LogP contribution in [0.3, 0.4) is 0 Å². The lowest BCUT2D eigenvalue weighted by molar-refractivity contribution is -0.131. The molecule has 1 N–H and O–H groups in total. The van der Waals surface area contributed by atoms with E-state index in [1.54, 1.807) is 6.08 Å². The quantitative estimate of drug-likeness (QED) is 0.867. The molecule has 1 aromatic heterocycles. The fourth-order valence-corrected chi connectivity index (χ4v) is 3.62. The first-order chi connectivity index (χ1) is 9.52. The van der Waals surface area contributed by atoms with Crippen LogP contribution in [0.2, 0.25) is 0 Å². The van der Waals surface area contributed by atoms with Gasteiger partial charge in [0.1, 0.15) is 0 Å². The van der Waals surface area contributed by atoms with E-state index in [-0.39, 0.29) is 5.91 Å². The molecular formula is C15H19NO3S. The van der Waals surface area contributed by atoms with E-state index in [0.29, 0.717) is 10.9 Å². The molecule has 1 saturated heterocycles. The van der Waals surface area contributed by atoms with E-state index in [2.05, 4.69) is 6.92 Å². The molecule has 1 aliphatic heterocycles. The second kappa shape index (κ2) is 6.22. The highest BCUT2D eigenvalue weighted by atomic mass is 32.1. The van der Waals surface area contributed by atoms with Crippen LogP contribution in [0.4, 0.5) is 0 Å². The number of likely N-dealkylation sites (tertiary alicyclic amines) is 1. The number of aryl methyl sites for hydroxylation is 1. The van der Waals surface area contributed by atoms with E-state index >= 15 is 0 Å². The highest BCUT2D eigenvalue weighted by Gasteiger charge is 2.29. The second-order valence-corrected chi connectivity index (χ2v) is 6.12. The van der Waals surface area contributed by atoms with Crippen molar-refractivity contribution in [1.29, 1.82) is 0 Å². The fraction of sp³-hybridized carbons (Fsp3) is 0.467. The molecule has 0 spiro atoms. The van der Waals surface area contributed by atoms with Crippen molar-refractivity contribution in [2.24, 2.45) is 0 Å². The normalized spacial score (nSPS) is 18.9. The number of hydrogen-bond donors (Lipinski definition) is 1. The van der Waals surface area contributed by atoms with Gasteiger partial charge in [0.05, 0.1) is 4.88 Å². The van der Waals surface area contributed by atoms with Crippen molar-refractivity contribution < 1.29 is 14.7 Å². The molecule has 1 fully saturated rings. The molecule has 2 rings (SSSR count). The number of aliphatic carboxylic acids is 1. The first-order valence-corrected chi connectivity index (χ1v) is 7.67. The number of nitrogens with zero attached hydrogens (tertiary/aromatic N) is 1. The van der Waals surface area contributed by atoms with Crippen LogP contribution in [0.1, 0.15) is 46.3 Å². The minimum absolute atomic E-state index is 0.0809. The lowest BCUT2D eigenvalue weighted by Crippen LogP contribution is -2.34. The lowest BCUT2D eigenvalue weighted by Gasteiger charge is -2.22. The van der Waals surface area contributed by atoms with Crippen molar-refractivity contribution in [2.45, 2.75) is 39.2 Å². The SMILES string of the molecule is CCC1CCCN1C(=O)c1cc(C)c(/C=C/C(=O)O)s1. The minimum atomic E-state index is -0.976. The van der Waals surface area contributed by atoms with Gasteiger partial charge in [-0.1, -0.05) is 6.92 Å². The molecule has 2 heterocycles. The van der Waals surface area contributed by atoms with Crippen molar-refractivity contribution in [1.82, 2.24) is 4.90 Å². The number of carboxylic acids is 1. The fourth-order valence-electron chi connectivity index (χ4n) is 2.58. The number of hydrogen-bond acceptors (Lipinski definition) is 3. The molecule has 4 nitrogen and oxygen atoms in total. The maximum absolute atomic E-state index is 12.5. The number of amides is 1. The smallest absolute Gasteiger partial charge is 0.328 e. The maximum atomic E-state index is 12.5.